The quantitative estimate of drug-likeness (QED) is 0.811. The minimum Gasteiger partial charge on any atom is -0.337 e. The second-order valence-corrected chi connectivity index (χ2v) is 7.86. The minimum absolute atomic E-state index is 0.000628. The Kier molecular flexibility index (Phi) is 6.27. The van der Waals surface area contributed by atoms with Gasteiger partial charge < -0.3 is 10.2 Å². The van der Waals surface area contributed by atoms with E-state index in [0.29, 0.717) is 6.54 Å². The van der Waals surface area contributed by atoms with Crippen LogP contribution in [0.25, 0.3) is 0 Å². The Balaban J connectivity index is 1.96. The number of carbonyl (C=O) groups excluding carboxylic acids is 1. The summed E-state index contributed by atoms with van der Waals surface area (Å²) in [5, 5.41) is 3.30. The van der Waals surface area contributed by atoms with Crippen molar-refractivity contribution in [2.24, 2.45) is 0 Å². The molecule has 2 rings (SSSR count). The van der Waals surface area contributed by atoms with E-state index >= 15 is 0 Å². The number of carbonyl (C=O) groups is 1. The fourth-order valence-corrected chi connectivity index (χ4v) is 4.63. The molecule has 0 spiro atoms. The third kappa shape index (κ3) is 4.58. The molecule has 0 aliphatic carbocycles. The van der Waals surface area contributed by atoms with E-state index in [-0.39, 0.29) is 39.9 Å². The van der Waals surface area contributed by atoms with Crippen LogP contribution in [0.4, 0.5) is 0 Å². The molecular weight excluding hydrogens is 361 g/mol. The fourth-order valence-electron chi connectivity index (χ4n) is 2.46. The van der Waals surface area contributed by atoms with Gasteiger partial charge in [0.25, 0.3) is 0 Å². The normalized spacial score (nSPS) is 18.9. The van der Waals surface area contributed by atoms with Crippen LogP contribution in [0.15, 0.2) is 23.1 Å². The summed E-state index contributed by atoms with van der Waals surface area (Å²) in [5.41, 5.74) is 0. The van der Waals surface area contributed by atoms with Crippen molar-refractivity contribution in [3.8, 4) is 0 Å². The van der Waals surface area contributed by atoms with Gasteiger partial charge in [0.2, 0.25) is 15.9 Å². The smallest absolute Gasteiger partial charge is 0.243 e. The molecule has 1 aromatic rings. The molecule has 0 radical (unpaired) electrons. The number of amides is 1. The van der Waals surface area contributed by atoms with Gasteiger partial charge in [0.15, 0.2) is 0 Å². The van der Waals surface area contributed by atoms with Gasteiger partial charge in [-0.1, -0.05) is 29.3 Å². The van der Waals surface area contributed by atoms with Crippen molar-refractivity contribution in [1.82, 2.24) is 14.9 Å². The lowest BCUT2D eigenvalue weighted by molar-refractivity contribution is -0.133. The number of nitrogens with one attached hydrogen (secondary N) is 2. The summed E-state index contributed by atoms with van der Waals surface area (Å²) in [5.74, 6) is -0.0769. The van der Waals surface area contributed by atoms with Crippen molar-refractivity contribution < 1.29 is 13.2 Å². The van der Waals surface area contributed by atoms with Gasteiger partial charge in [0, 0.05) is 38.6 Å². The summed E-state index contributed by atoms with van der Waals surface area (Å²) in [6, 6.07) is 4.58. The topological polar surface area (TPSA) is 78.5 Å². The van der Waals surface area contributed by atoms with Gasteiger partial charge in [-0.25, -0.2) is 13.1 Å². The van der Waals surface area contributed by atoms with Crippen molar-refractivity contribution in [3.05, 3.63) is 28.2 Å². The molecule has 0 aromatic heterocycles. The van der Waals surface area contributed by atoms with E-state index in [9.17, 15) is 13.2 Å². The standard InChI is InChI=1S/C14H19Cl2N3O3S/c1-10-9-17-7-8-19(10)13(20)5-6-18-23(21,22)14-11(15)3-2-4-12(14)16/h2-4,10,17-18H,5-9H2,1H3. The second-order valence-electron chi connectivity index (χ2n) is 5.34. The predicted molar refractivity (Wildman–Crippen MR) is 90.3 cm³/mol. The van der Waals surface area contributed by atoms with Crippen molar-refractivity contribution in [2.75, 3.05) is 26.2 Å². The average molecular weight is 380 g/mol. The van der Waals surface area contributed by atoms with Crippen LogP contribution in [0.1, 0.15) is 13.3 Å². The van der Waals surface area contributed by atoms with E-state index in [1.807, 2.05) is 6.92 Å². The van der Waals surface area contributed by atoms with Crippen LogP contribution in [-0.4, -0.2) is 51.4 Å². The molecule has 2 N–H and O–H groups in total. The van der Waals surface area contributed by atoms with E-state index in [1.165, 1.54) is 12.1 Å². The van der Waals surface area contributed by atoms with Crippen LogP contribution in [0, 0.1) is 0 Å². The first-order chi connectivity index (χ1) is 10.8. The average Bonchev–Trinajstić information content (AvgIpc) is 2.46. The van der Waals surface area contributed by atoms with Crippen molar-refractivity contribution >= 4 is 39.1 Å². The number of sulfonamides is 1. The van der Waals surface area contributed by atoms with Gasteiger partial charge in [0.1, 0.15) is 4.90 Å². The number of rotatable bonds is 5. The summed E-state index contributed by atoms with van der Waals surface area (Å²) in [6.07, 6.45) is 0.0889. The third-order valence-electron chi connectivity index (χ3n) is 3.64. The molecule has 1 amide bonds. The molecule has 1 aliphatic heterocycles. The van der Waals surface area contributed by atoms with Crippen molar-refractivity contribution in [3.63, 3.8) is 0 Å². The molecule has 1 saturated heterocycles. The van der Waals surface area contributed by atoms with E-state index in [1.54, 1.807) is 11.0 Å². The first-order valence-corrected chi connectivity index (χ1v) is 9.50. The highest BCUT2D eigenvalue weighted by atomic mass is 35.5. The van der Waals surface area contributed by atoms with Crippen LogP contribution < -0.4 is 10.0 Å². The summed E-state index contributed by atoms with van der Waals surface area (Å²) < 4.78 is 26.9. The molecule has 1 fully saturated rings. The lowest BCUT2D eigenvalue weighted by Gasteiger charge is -2.34. The Morgan fingerprint density at radius 3 is 2.65 bits per heavy atom. The zero-order chi connectivity index (χ0) is 17.0. The first-order valence-electron chi connectivity index (χ1n) is 7.27. The Bertz CT molecular complexity index is 662. The maximum atomic E-state index is 12.3. The van der Waals surface area contributed by atoms with E-state index in [2.05, 4.69) is 10.0 Å². The van der Waals surface area contributed by atoms with E-state index in [0.717, 1.165) is 13.1 Å². The van der Waals surface area contributed by atoms with Crippen LogP contribution in [0.3, 0.4) is 0 Å². The Hall–Kier alpha value is -0.860. The van der Waals surface area contributed by atoms with Gasteiger partial charge in [0.05, 0.1) is 10.0 Å². The van der Waals surface area contributed by atoms with E-state index in [4.69, 9.17) is 23.2 Å². The summed E-state index contributed by atoms with van der Waals surface area (Å²) in [6.45, 7) is 4.07. The largest absolute Gasteiger partial charge is 0.337 e. The summed E-state index contributed by atoms with van der Waals surface area (Å²) in [4.78, 5) is 13.8. The third-order valence-corrected chi connectivity index (χ3v) is 6.06. The Morgan fingerprint density at radius 1 is 1.39 bits per heavy atom. The number of piperazine rings is 1. The maximum absolute atomic E-state index is 12.3. The predicted octanol–water partition coefficient (Wildman–Crippen LogP) is 1.48. The van der Waals surface area contributed by atoms with Gasteiger partial charge in [-0.05, 0) is 19.1 Å². The number of hydrogen-bond acceptors (Lipinski definition) is 4. The molecule has 1 aliphatic rings. The van der Waals surface area contributed by atoms with Gasteiger partial charge >= 0.3 is 0 Å². The molecule has 1 atom stereocenters. The van der Waals surface area contributed by atoms with Crippen molar-refractivity contribution in [1.29, 1.82) is 0 Å². The van der Waals surface area contributed by atoms with Crippen LogP contribution in [-0.2, 0) is 14.8 Å². The van der Waals surface area contributed by atoms with Gasteiger partial charge in [-0.3, -0.25) is 4.79 Å². The molecule has 128 valence electrons. The molecule has 0 saturated carbocycles. The fraction of sp³-hybridized carbons (Fsp3) is 0.500. The number of nitrogens with zero attached hydrogens (tertiary/aromatic N) is 1. The SMILES string of the molecule is CC1CNCCN1C(=O)CCNS(=O)(=O)c1c(Cl)cccc1Cl. The summed E-state index contributed by atoms with van der Waals surface area (Å²) in [7, 11) is -3.86. The minimum atomic E-state index is -3.86. The lowest BCUT2D eigenvalue weighted by Crippen LogP contribution is -2.52. The van der Waals surface area contributed by atoms with E-state index < -0.39 is 10.0 Å². The molecular formula is C14H19Cl2N3O3S. The molecule has 6 nitrogen and oxygen atoms in total. The Morgan fingerprint density at radius 2 is 2.04 bits per heavy atom. The van der Waals surface area contributed by atoms with Crippen LogP contribution in [0.2, 0.25) is 10.0 Å². The molecule has 1 aromatic carbocycles. The highest BCUT2D eigenvalue weighted by Gasteiger charge is 2.24. The highest BCUT2D eigenvalue weighted by Crippen LogP contribution is 2.28. The lowest BCUT2D eigenvalue weighted by atomic mass is 10.2. The molecule has 9 heteroatoms. The van der Waals surface area contributed by atoms with Crippen LogP contribution >= 0.6 is 23.2 Å². The Labute approximate surface area is 146 Å². The van der Waals surface area contributed by atoms with Gasteiger partial charge in [-0.15, -0.1) is 0 Å². The van der Waals surface area contributed by atoms with Gasteiger partial charge in [-0.2, -0.15) is 0 Å². The maximum Gasteiger partial charge on any atom is 0.243 e. The number of hydrogen-bond donors (Lipinski definition) is 2. The zero-order valence-electron chi connectivity index (χ0n) is 12.7. The molecule has 23 heavy (non-hydrogen) atoms. The monoisotopic (exact) mass is 379 g/mol. The van der Waals surface area contributed by atoms with Crippen molar-refractivity contribution in [2.45, 2.75) is 24.3 Å². The summed E-state index contributed by atoms with van der Waals surface area (Å²) >= 11 is 11.8. The molecule has 0 bridgehead atoms. The first kappa shape index (κ1) is 18.5. The molecule has 1 unspecified atom stereocenters. The zero-order valence-corrected chi connectivity index (χ0v) is 15.0. The second kappa shape index (κ2) is 7.81. The highest BCUT2D eigenvalue weighted by molar-refractivity contribution is 7.89. The number of benzene rings is 1. The van der Waals surface area contributed by atoms with Crippen LogP contribution in [0.5, 0.6) is 0 Å². The molecule has 1 heterocycles. The number of halogens is 2.